The Labute approximate surface area is 126 Å². The van der Waals surface area contributed by atoms with Gasteiger partial charge in [-0.15, -0.1) is 0 Å². The van der Waals surface area contributed by atoms with E-state index in [9.17, 15) is 4.39 Å². The maximum atomic E-state index is 14.4. The summed E-state index contributed by atoms with van der Waals surface area (Å²) in [6.45, 7) is 9.36. The Morgan fingerprint density at radius 2 is 2.24 bits per heavy atom. The maximum Gasteiger partial charge on any atom is 0.240 e. The van der Waals surface area contributed by atoms with Crippen molar-refractivity contribution in [2.24, 2.45) is 7.05 Å². The molecule has 0 atom stereocenters. The molecule has 1 fully saturated rings. The van der Waals surface area contributed by atoms with Crippen molar-refractivity contribution in [3.8, 4) is 17.0 Å². The Morgan fingerprint density at radius 1 is 1.52 bits per heavy atom. The van der Waals surface area contributed by atoms with Crippen molar-refractivity contribution in [3.63, 3.8) is 0 Å². The maximum absolute atomic E-state index is 14.4. The van der Waals surface area contributed by atoms with Crippen LogP contribution in [-0.2, 0) is 7.05 Å². The highest BCUT2D eigenvalue weighted by atomic mass is 35.5. The van der Waals surface area contributed by atoms with Gasteiger partial charge >= 0.3 is 0 Å². The molecule has 0 spiro atoms. The highest BCUT2D eigenvalue weighted by Crippen LogP contribution is 2.48. The summed E-state index contributed by atoms with van der Waals surface area (Å²) in [4.78, 5) is 3.47. The minimum atomic E-state index is -0.625. The lowest BCUT2D eigenvalue weighted by molar-refractivity contribution is 0.202. The summed E-state index contributed by atoms with van der Waals surface area (Å²) in [5, 5.41) is 3.96. The summed E-state index contributed by atoms with van der Waals surface area (Å²) in [5.74, 6) is -0.299. The molecule has 0 N–H and O–H groups in total. The molecule has 1 aliphatic carbocycles. The summed E-state index contributed by atoms with van der Waals surface area (Å²) in [7, 11) is 1.69. The molecule has 0 saturated heterocycles. The van der Waals surface area contributed by atoms with Crippen LogP contribution in [0.3, 0.4) is 0 Å². The van der Waals surface area contributed by atoms with Crippen LogP contribution in [0.1, 0.15) is 19.8 Å². The van der Waals surface area contributed by atoms with Crippen molar-refractivity contribution in [1.29, 1.82) is 0 Å². The van der Waals surface area contributed by atoms with Crippen molar-refractivity contribution in [2.45, 2.75) is 25.4 Å². The average Bonchev–Trinajstić information content (AvgIpc) is 3.01. The van der Waals surface area contributed by atoms with Gasteiger partial charge in [-0.05, 0) is 31.9 Å². The van der Waals surface area contributed by atoms with E-state index in [0.29, 0.717) is 11.4 Å². The third-order valence-corrected chi connectivity index (χ3v) is 3.93. The first-order chi connectivity index (χ1) is 9.95. The van der Waals surface area contributed by atoms with Gasteiger partial charge in [-0.25, -0.2) is 9.24 Å². The largest absolute Gasteiger partial charge is 0.499 e. The average molecular weight is 306 g/mol. The number of aryl methyl sites for hydroxylation is 1. The van der Waals surface area contributed by atoms with Gasteiger partial charge in [-0.3, -0.25) is 4.68 Å². The van der Waals surface area contributed by atoms with E-state index in [4.69, 9.17) is 22.9 Å². The lowest BCUT2D eigenvalue weighted by atomic mass is 10.1. The second kappa shape index (κ2) is 4.74. The first kappa shape index (κ1) is 13.9. The number of aromatic nitrogens is 2. The Hall–Kier alpha value is -2.06. The molecule has 1 aromatic heterocycles. The van der Waals surface area contributed by atoms with E-state index in [1.165, 1.54) is 10.7 Å². The second-order valence-electron chi connectivity index (χ2n) is 5.40. The molecule has 108 valence electrons. The van der Waals surface area contributed by atoms with Crippen LogP contribution in [-0.4, -0.2) is 15.4 Å². The fourth-order valence-electron chi connectivity index (χ4n) is 2.18. The van der Waals surface area contributed by atoms with Crippen LogP contribution in [0.5, 0.6) is 5.75 Å². The lowest BCUT2D eigenvalue weighted by Crippen LogP contribution is -2.12. The summed E-state index contributed by atoms with van der Waals surface area (Å²) >= 11 is 5.98. The van der Waals surface area contributed by atoms with Gasteiger partial charge in [0.25, 0.3) is 0 Å². The molecule has 0 amide bonds. The van der Waals surface area contributed by atoms with Crippen molar-refractivity contribution in [1.82, 2.24) is 9.78 Å². The minimum absolute atomic E-state index is 0.0575. The van der Waals surface area contributed by atoms with Crippen LogP contribution in [0, 0.1) is 12.4 Å². The molecule has 3 rings (SSSR count). The van der Waals surface area contributed by atoms with Gasteiger partial charge in [-0.2, -0.15) is 5.10 Å². The van der Waals surface area contributed by atoms with E-state index in [2.05, 4.69) is 9.94 Å². The van der Waals surface area contributed by atoms with E-state index in [1.807, 2.05) is 6.92 Å². The number of halogens is 2. The molecule has 0 aliphatic heterocycles. The van der Waals surface area contributed by atoms with E-state index >= 15 is 0 Å². The third kappa shape index (κ3) is 2.36. The lowest BCUT2D eigenvalue weighted by Gasteiger charge is -2.17. The normalized spacial score (nSPS) is 15.6. The van der Waals surface area contributed by atoms with Gasteiger partial charge in [0.15, 0.2) is 0 Å². The van der Waals surface area contributed by atoms with Crippen LogP contribution in [0.25, 0.3) is 16.1 Å². The van der Waals surface area contributed by atoms with Crippen LogP contribution in [0.4, 0.5) is 10.1 Å². The van der Waals surface area contributed by atoms with E-state index in [-0.39, 0.29) is 21.9 Å². The smallest absolute Gasteiger partial charge is 0.240 e. The fourth-order valence-corrected chi connectivity index (χ4v) is 2.37. The first-order valence-corrected chi connectivity index (χ1v) is 6.90. The standard InChI is InChI=1S/C15H13ClFN3O/c1-15(5-6-15)21-11-8-9(16)13(17)12(14(11)18-2)10-4-7-19-20(10)3/h4,7-8H,5-6H2,1,3H3. The minimum Gasteiger partial charge on any atom is -0.499 e. The van der Waals surface area contributed by atoms with Crippen LogP contribution in [0.2, 0.25) is 5.02 Å². The first-order valence-electron chi connectivity index (χ1n) is 6.52. The Bertz CT molecular complexity index is 759. The summed E-state index contributed by atoms with van der Waals surface area (Å²) < 4.78 is 21.8. The zero-order valence-electron chi connectivity index (χ0n) is 11.7. The molecule has 0 radical (unpaired) electrons. The van der Waals surface area contributed by atoms with Crippen LogP contribution >= 0.6 is 11.6 Å². The predicted molar refractivity (Wildman–Crippen MR) is 78.1 cm³/mol. The van der Waals surface area contributed by atoms with Gasteiger partial charge in [0.1, 0.15) is 17.2 Å². The third-order valence-electron chi connectivity index (χ3n) is 3.66. The molecule has 4 nitrogen and oxygen atoms in total. The van der Waals surface area contributed by atoms with Gasteiger partial charge in [-0.1, -0.05) is 11.6 Å². The molecule has 21 heavy (non-hydrogen) atoms. The predicted octanol–water partition coefficient (Wildman–Crippen LogP) is 4.36. The molecule has 1 aliphatic rings. The summed E-state index contributed by atoms with van der Waals surface area (Å²) in [6.07, 6.45) is 3.38. The number of hydrogen-bond acceptors (Lipinski definition) is 2. The topological polar surface area (TPSA) is 31.4 Å². The summed E-state index contributed by atoms with van der Waals surface area (Å²) in [5.41, 5.74) is 0.488. The molecule has 1 heterocycles. The van der Waals surface area contributed by atoms with Gasteiger partial charge in [0.05, 0.1) is 17.3 Å². The Kier molecular flexibility index (Phi) is 3.14. The number of hydrogen-bond donors (Lipinski definition) is 0. The van der Waals surface area contributed by atoms with Gasteiger partial charge in [0.2, 0.25) is 5.69 Å². The van der Waals surface area contributed by atoms with Gasteiger partial charge in [0, 0.05) is 18.8 Å². The molecular weight excluding hydrogens is 293 g/mol. The fraction of sp³-hybridized carbons (Fsp3) is 0.333. The van der Waals surface area contributed by atoms with Crippen LogP contribution in [0.15, 0.2) is 18.3 Å². The highest BCUT2D eigenvalue weighted by molar-refractivity contribution is 6.31. The number of rotatable bonds is 3. The second-order valence-corrected chi connectivity index (χ2v) is 5.81. The van der Waals surface area contributed by atoms with Crippen molar-refractivity contribution in [2.75, 3.05) is 0 Å². The van der Waals surface area contributed by atoms with Crippen LogP contribution < -0.4 is 4.74 Å². The summed E-state index contributed by atoms with van der Waals surface area (Å²) in [6, 6.07) is 3.03. The Balaban J connectivity index is 2.22. The molecule has 0 unspecified atom stereocenters. The molecule has 0 bridgehead atoms. The number of ether oxygens (including phenoxy) is 1. The number of nitrogens with zero attached hydrogens (tertiary/aromatic N) is 3. The molecule has 6 heteroatoms. The zero-order chi connectivity index (χ0) is 15.2. The quantitative estimate of drug-likeness (QED) is 0.789. The SMILES string of the molecule is [C-]#[N+]c1c(OC2(C)CC2)cc(Cl)c(F)c1-c1ccnn1C. The molecule has 2 aromatic rings. The van der Waals surface area contributed by atoms with Gasteiger partial charge < -0.3 is 4.74 Å². The monoisotopic (exact) mass is 305 g/mol. The van der Waals surface area contributed by atoms with Crippen molar-refractivity contribution >= 4 is 17.3 Å². The van der Waals surface area contributed by atoms with E-state index < -0.39 is 5.82 Å². The Morgan fingerprint density at radius 3 is 2.76 bits per heavy atom. The highest BCUT2D eigenvalue weighted by Gasteiger charge is 2.41. The molecular formula is C15H13ClFN3O. The number of benzene rings is 1. The van der Waals surface area contributed by atoms with Crippen molar-refractivity contribution in [3.05, 3.63) is 40.6 Å². The molecule has 1 saturated carbocycles. The van der Waals surface area contributed by atoms with Crippen molar-refractivity contribution < 1.29 is 9.13 Å². The molecule has 1 aromatic carbocycles. The zero-order valence-corrected chi connectivity index (χ0v) is 12.4. The van der Waals surface area contributed by atoms with E-state index in [1.54, 1.807) is 19.3 Å². The van der Waals surface area contributed by atoms with E-state index in [0.717, 1.165) is 12.8 Å².